The monoisotopic (exact) mass is 615 g/mol. The summed E-state index contributed by atoms with van der Waals surface area (Å²) in [7, 11) is 0. The van der Waals surface area contributed by atoms with Gasteiger partial charge >= 0.3 is 18.2 Å². The fourth-order valence-corrected chi connectivity index (χ4v) is 4.23. The van der Waals surface area contributed by atoms with Crippen molar-refractivity contribution < 1.29 is 42.6 Å². The summed E-state index contributed by atoms with van der Waals surface area (Å²) in [6.45, 7) is 5.72. The van der Waals surface area contributed by atoms with Gasteiger partial charge in [-0.25, -0.2) is 9.59 Å². The highest BCUT2D eigenvalue weighted by atomic mass is 19.4. The third-order valence-electron chi connectivity index (χ3n) is 6.55. The number of carboxylic acids is 1. The number of nitriles is 1. The largest absolute Gasteiger partial charge is 0.490 e. The second-order valence-corrected chi connectivity index (χ2v) is 9.25. The minimum absolute atomic E-state index is 0.181. The number of allylic oxidation sites excluding steroid dienone is 3. The lowest BCUT2D eigenvalue weighted by Gasteiger charge is -2.31. The molecule has 44 heavy (non-hydrogen) atoms. The number of hydrogen-bond donors (Lipinski definition) is 4. The summed E-state index contributed by atoms with van der Waals surface area (Å²) in [5.41, 5.74) is 11.1. The number of carboxylic acid groups (broad SMARTS) is 1. The zero-order chi connectivity index (χ0) is 33.0. The number of nitrogens with zero attached hydrogens (tertiary/aromatic N) is 3. The molecule has 0 saturated carbocycles. The van der Waals surface area contributed by atoms with Crippen LogP contribution in [0.5, 0.6) is 0 Å². The molecule has 3 rings (SSSR count). The average Bonchev–Trinajstić information content (AvgIpc) is 2.99. The first-order chi connectivity index (χ1) is 20.8. The lowest BCUT2D eigenvalue weighted by Crippen LogP contribution is -2.48. The number of likely N-dealkylation sites (N-methyl/N-ethyl adjacent to an activating group) is 1. The van der Waals surface area contributed by atoms with E-state index in [1.165, 1.54) is 4.90 Å². The Balaban J connectivity index is 0.000000860. The number of alkyl halides is 3. The normalized spacial score (nSPS) is 14.4. The Morgan fingerprint density at radius 3 is 2.30 bits per heavy atom. The molecule has 1 atom stereocenters. The second-order valence-electron chi connectivity index (χ2n) is 9.25. The molecule has 0 aliphatic heterocycles. The average molecular weight is 616 g/mol. The molecular weight excluding hydrogens is 583 g/mol. The van der Waals surface area contributed by atoms with Crippen LogP contribution in [0.4, 0.5) is 23.7 Å². The summed E-state index contributed by atoms with van der Waals surface area (Å²) in [4.78, 5) is 36.5. The molecule has 2 aromatic rings. The highest BCUT2D eigenvalue weighted by Gasteiger charge is 2.38. The third kappa shape index (κ3) is 9.09. The van der Waals surface area contributed by atoms with Gasteiger partial charge in [-0.15, -0.1) is 0 Å². The van der Waals surface area contributed by atoms with Crippen LogP contribution in [0.3, 0.4) is 0 Å². The number of anilines is 1. The van der Waals surface area contributed by atoms with E-state index in [2.05, 4.69) is 16.5 Å². The molecule has 2 amide bonds. The molecule has 1 aliphatic carbocycles. The van der Waals surface area contributed by atoms with Gasteiger partial charge in [-0.1, -0.05) is 41.6 Å². The fourth-order valence-electron chi connectivity index (χ4n) is 4.23. The number of hydrogen-bond acceptors (Lipinski definition) is 8. The molecule has 234 valence electrons. The first kappa shape index (κ1) is 34.9. The molecule has 0 aromatic heterocycles. The number of amides is 2. The van der Waals surface area contributed by atoms with Gasteiger partial charge in [0.05, 0.1) is 23.9 Å². The van der Waals surface area contributed by atoms with Crippen LogP contribution in [-0.4, -0.2) is 64.3 Å². The maximum absolute atomic E-state index is 13.5. The van der Waals surface area contributed by atoms with Crippen molar-refractivity contribution in [2.45, 2.75) is 45.8 Å². The Morgan fingerprint density at radius 2 is 1.77 bits per heavy atom. The maximum atomic E-state index is 13.5. The van der Waals surface area contributed by atoms with Crippen LogP contribution in [-0.2, 0) is 14.3 Å². The molecule has 0 saturated heterocycles. The molecule has 11 nitrogen and oxygen atoms in total. The zero-order valence-electron chi connectivity index (χ0n) is 24.2. The van der Waals surface area contributed by atoms with Gasteiger partial charge in [0.15, 0.2) is 0 Å². The lowest BCUT2D eigenvalue weighted by molar-refractivity contribution is -0.192. The summed E-state index contributed by atoms with van der Waals surface area (Å²) in [6, 6.07) is 15.8. The topological polar surface area (TPSA) is 178 Å². The minimum Gasteiger partial charge on any atom is -0.475 e. The molecule has 0 unspecified atom stereocenters. The van der Waals surface area contributed by atoms with Crippen LogP contribution in [0.1, 0.15) is 39.2 Å². The van der Waals surface area contributed by atoms with Crippen LogP contribution in [0, 0.1) is 11.3 Å². The highest BCUT2D eigenvalue weighted by molar-refractivity contribution is 6.02. The number of carbonyl (C=O) groups is 3. The summed E-state index contributed by atoms with van der Waals surface area (Å²) in [5.74, 6) is -3.14. The van der Waals surface area contributed by atoms with Crippen molar-refractivity contribution in [2.24, 2.45) is 10.9 Å². The van der Waals surface area contributed by atoms with Crippen LogP contribution in [0.2, 0.25) is 0 Å². The van der Waals surface area contributed by atoms with E-state index in [-0.39, 0.29) is 25.5 Å². The Morgan fingerprint density at radius 1 is 1.16 bits per heavy atom. The van der Waals surface area contributed by atoms with Crippen molar-refractivity contribution >= 4 is 29.4 Å². The number of aliphatic carboxylic acids is 1. The van der Waals surface area contributed by atoms with Gasteiger partial charge in [0, 0.05) is 25.1 Å². The number of rotatable bonds is 8. The molecule has 2 aromatic carbocycles. The highest BCUT2D eigenvalue weighted by Crippen LogP contribution is 2.28. The Bertz CT molecular complexity index is 1490. The number of halogens is 3. The van der Waals surface area contributed by atoms with Crippen molar-refractivity contribution in [1.29, 1.82) is 5.26 Å². The van der Waals surface area contributed by atoms with E-state index in [1.807, 2.05) is 36.4 Å². The SMILES string of the molecule is CCOC(=O)N(CC)[C@@H](CC1=CCC(=NO)C(N)=C1C)C(=O)Nc1ccc(-c2ccccc2C#N)cc1.O=C(O)C(F)(F)F. The summed E-state index contributed by atoms with van der Waals surface area (Å²) < 4.78 is 36.9. The Hall–Kier alpha value is -5.32. The van der Waals surface area contributed by atoms with Gasteiger partial charge in [0.25, 0.3) is 0 Å². The molecule has 0 heterocycles. The molecule has 0 bridgehead atoms. The number of nitrogens with one attached hydrogen (secondary N) is 1. The van der Waals surface area contributed by atoms with Crippen molar-refractivity contribution in [1.82, 2.24) is 4.90 Å². The molecular formula is C30H32F3N5O6. The maximum Gasteiger partial charge on any atom is 0.490 e. The van der Waals surface area contributed by atoms with Crippen LogP contribution in [0.25, 0.3) is 11.1 Å². The summed E-state index contributed by atoms with van der Waals surface area (Å²) >= 11 is 0. The molecule has 0 spiro atoms. The first-order valence-electron chi connectivity index (χ1n) is 13.3. The summed E-state index contributed by atoms with van der Waals surface area (Å²) in [6.07, 6.45) is -3.29. The van der Waals surface area contributed by atoms with Crippen LogP contribution in [0.15, 0.2) is 76.6 Å². The van der Waals surface area contributed by atoms with Gasteiger partial charge in [0.1, 0.15) is 11.8 Å². The first-order valence-corrected chi connectivity index (χ1v) is 13.3. The minimum atomic E-state index is -5.08. The lowest BCUT2D eigenvalue weighted by atomic mass is 9.90. The zero-order valence-corrected chi connectivity index (χ0v) is 24.2. The third-order valence-corrected chi connectivity index (χ3v) is 6.55. The van der Waals surface area contributed by atoms with Crippen LogP contribution < -0.4 is 11.1 Å². The van der Waals surface area contributed by atoms with Gasteiger partial charge in [-0.3, -0.25) is 9.69 Å². The second kappa shape index (κ2) is 15.8. The molecule has 0 radical (unpaired) electrons. The number of ether oxygens (including phenoxy) is 1. The van der Waals surface area contributed by atoms with Gasteiger partial charge in [-0.2, -0.15) is 18.4 Å². The number of oxime groups is 1. The van der Waals surface area contributed by atoms with Gasteiger partial charge in [-0.05, 0) is 61.2 Å². The van der Waals surface area contributed by atoms with Crippen molar-refractivity contribution in [2.75, 3.05) is 18.5 Å². The van der Waals surface area contributed by atoms with Gasteiger partial charge in [0.2, 0.25) is 5.91 Å². The number of benzene rings is 2. The Labute approximate surface area is 251 Å². The quantitative estimate of drug-likeness (QED) is 0.224. The predicted molar refractivity (Wildman–Crippen MR) is 156 cm³/mol. The molecule has 0 fully saturated rings. The standard InChI is InChI=1S/C28H31N5O4.C2HF3O2/c1-4-33(28(35)37-5-2)25(16-20-12-15-24(32-36)26(30)18(20)3)27(34)31-22-13-10-19(11-14-22)23-9-7-6-8-21(23)17-29;3-2(4,5)1(6)7/h6-14,25,36H,4-5,15-16,30H2,1-3H3,(H,31,34);(H,6,7)/t25-;/m0./s1. The fraction of sp³-hybridized carbons (Fsp3) is 0.300. The van der Waals surface area contributed by atoms with E-state index >= 15 is 0 Å². The van der Waals surface area contributed by atoms with E-state index in [0.717, 1.165) is 16.7 Å². The number of carbonyl (C=O) groups excluding carboxylic acids is 2. The van der Waals surface area contributed by atoms with Gasteiger partial charge < -0.3 is 26.1 Å². The smallest absolute Gasteiger partial charge is 0.475 e. The molecule has 5 N–H and O–H groups in total. The van der Waals surface area contributed by atoms with Crippen molar-refractivity contribution in [3.05, 3.63) is 77.0 Å². The van der Waals surface area contributed by atoms with E-state index in [4.69, 9.17) is 20.4 Å². The van der Waals surface area contributed by atoms with E-state index in [1.54, 1.807) is 39.0 Å². The summed E-state index contributed by atoms with van der Waals surface area (Å²) in [5, 5.41) is 31.8. The molecule has 1 aliphatic rings. The van der Waals surface area contributed by atoms with Crippen molar-refractivity contribution in [3.63, 3.8) is 0 Å². The Kier molecular flexibility index (Phi) is 12.5. The predicted octanol–water partition coefficient (Wildman–Crippen LogP) is 5.43. The molecule has 14 heteroatoms. The van der Waals surface area contributed by atoms with Crippen LogP contribution >= 0.6 is 0 Å². The van der Waals surface area contributed by atoms with Crippen molar-refractivity contribution in [3.8, 4) is 17.2 Å². The number of nitrogens with two attached hydrogens (primary N) is 1. The van der Waals surface area contributed by atoms with E-state index in [0.29, 0.717) is 34.7 Å². The van der Waals surface area contributed by atoms with E-state index < -0.39 is 24.3 Å². The van der Waals surface area contributed by atoms with E-state index in [9.17, 15) is 33.2 Å².